The lowest BCUT2D eigenvalue weighted by Crippen LogP contribution is -2.22. The fraction of sp³-hybridized carbons (Fsp3) is 0.133. The number of aromatic amines is 1. The van der Waals surface area contributed by atoms with E-state index in [0.717, 1.165) is 17.0 Å². The Morgan fingerprint density at radius 3 is 2.52 bits per heavy atom. The van der Waals surface area contributed by atoms with E-state index in [4.69, 9.17) is 0 Å². The third-order valence-electron chi connectivity index (χ3n) is 3.40. The summed E-state index contributed by atoms with van der Waals surface area (Å²) in [6.45, 7) is 1.89. The van der Waals surface area contributed by atoms with Gasteiger partial charge in [0.15, 0.2) is 5.75 Å². The highest BCUT2D eigenvalue weighted by molar-refractivity contribution is 6.13. The van der Waals surface area contributed by atoms with Gasteiger partial charge in [0.25, 0.3) is 5.78 Å². The first-order valence-corrected chi connectivity index (χ1v) is 6.14. The Balaban J connectivity index is 2.31. The standard InChI is InChI=1S/C15H10F3NO2/c1-7-2-5-11-10(6-7)8-3-4-9(13(20)12(8)19-11)14(21)15(16,17)18/h2-6,19-20H,1H3. The summed E-state index contributed by atoms with van der Waals surface area (Å²) < 4.78 is 37.5. The third-order valence-corrected chi connectivity index (χ3v) is 3.40. The molecule has 0 atom stereocenters. The number of halogens is 3. The first kappa shape index (κ1) is 13.5. The van der Waals surface area contributed by atoms with Crippen LogP contribution in [-0.4, -0.2) is 22.1 Å². The Bertz CT molecular complexity index is 878. The molecule has 0 radical (unpaired) electrons. The van der Waals surface area contributed by atoms with E-state index in [-0.39, 0.29) is 5.52 Å². The minimum absolute atomic E-state index is 0.130. The minimum Gasteiger partial charge on any atom is -0.505 e. The predicted octanol–water partition coefficient (Wildman–Crippen LogP) is 4.08. The molecule has 0 spiro atoms. The number of aromatic hydroxyl groups is 1. The van der Waals surface area contributed by atoms with Crippen LogP contribution in [0.25, 0.3) is 21.8 Å². The van der Waals surface area contributed by atoms with Gasteiger partial charge < -0.3 is 10.1 Å². The van der Waals surface area contributed by atoms with Crippen LogP contribution >= 0.6 is 0 Å². The predicted molar refractivity (Wildman–Crippen MR) is 72.6 cm³/mol. The number of phenolic OH excluding ortho intramolecular Hbond substituents is 1. The Labute approximate surface area is 117 Å². The molecule has 0 saturated carbocycles. The van der Waals surface area contributed by atoms with Gasteiger partial charge in [-0.25, -0.2) is 0 Å². The van der Waals surface area contributed by atoms with Crippen LogP contribution in [-0.2, 0) is 0 Å². The van der Waals surface area contributed by atoms with Gasteiger partial charge in [-0.05, 0) is 25.1 Å². The number of hydrogen-bond acceptors (Lipinski definition) is 2. The summed E-state index contributed by atoms with van der Waals surface area (Å²) in [7, 11) is 0. The summed E-state index contributed by atoms with van der Waals surface area (Å²) in [4.78, 5) is 14.2. The van der Waals surface area contributed by atoms with Crippen molar-refractivity contribution in [1.29, 1.82) is 0 Å². The molecule has 0 saturated heterocycles. The summed E-state index contributed by atoms with van der Waals surface area (Å²) in [6.07, 6.45) is -5.02. The molecular weight excluding hydrogens is 283 g/mol. The smallest absolute Gasteiger partial charge is 0.455 e. The van der Waals surface area contributed by atoms with Crippen molar-refractivity contribution in [2.75, 3.05) is 0 Å². The van der Waals surface area contributed by atoms with Crippen molar-refractivity contribution in [3.63, 3.8) is 0 Å². The number of aromatic nitrogens is 1. The monoisotopic (exact) mass is 293 g/mol. The third kappa shape index (κ3) is 2.03. The zero-order valence-corrected chi connectivity index (χ0v) is 10.9. The molecule has 3 rings (SSSR count). The minimum atomic E-state index is -5.02. The number of alkyl halides is 3. The van der Waals surface area contributed by atoms with E-state index in [9.17, 15) is 23.1 Å². The number of fused-ring (bicyclic) bond motifs is 3. The van der Waals surface area contributed by atoms with Gasteiger partial charge in [0, 0.05) is 16.3 Å². The highest BCUT2D eigenvalue weighted by Gasteiger charge is 2.41. The van der Waals surface area contributed by atoms with E-state index >= 15 is 0 Å². The van der Waals surface area contributed by atoms with Crippen molar-refractivity contribution in [3.05, 3.63) is 41.5 Å². The number of rotatable bonds is 1. The van der Waals surface area contributed by atoms with Crippen LogP contribution in [0.15, 0.2) is 30.3 Å². The second-order valence-corrected chi connectivity index (χ2v) is 4.89. The SMILES string of the molecule is Cc1ccc2[nH]c3c(O)c(C(=O)C(F)(F)F)ccc3c2c1. The van der Waals surface area contributed by atoms with Crippen molar-refractivity contribution in [2.45, 2.75) is 13.1 Å². The Hall–Kier alpha value is -2.50. The highest BCUT2D eigenvalue weighted by atomic mass is 19.4. The Morgan fingerprint density at radius 2 is 1.86 bits per heavy atom. The van der Waals surface area contributed by atoms with Crippen LogP contribution in [0.2, 0.25) is 0 Å². The molecular formula is C15H10F3NO2. The average Bonchev–Trinajstić information content (AvgIpc) is 2.76. The lowest BCUT2D eigenvalue weighted by molar-refractivity contribution is -0.0886. The van der Waals surface area contributed by atoms with Gasteiger partial charge in [0.05, 0.1) is 11.1 Å². The number of carbonyl (C=O) groups is 1. The van der Waals surface area contributed by atoms with Crippen LogP contribution < -0.4 is 0 Å². The molecule has 1 aromatic heterocycles. The maximum absolute atomic E-state index is 12.5. The first-order valence-electron chi connectivity index (χ1n) is 6.14. The average molecular weight is 293 g/mol. The van der Waals surface area contributed by atoms with E-state index in [1.165, 1.54) is 6.07 Å². The second-order valence-electron chi connectivity index (χ2n) is 4.89. The summed E-state index contributed by atoms with van der Waals surface area (Å²) >= 11 is 0. The number of carbonyl (C=O) groups excluding carboxylic acids is 1. The van der Waals surface area contributed by atoms with Crippen molar-refractivity contribution >= 4 is 27.6 Å². The molecule has 21 heavy (non-hydrogen) atoms. The van der Waals surface area contributed by atoms with Gasteiger partial charge in [-0.2, -0.15) is 13.2 Å². The van der Waals surface area contributed by atoms with Gasteiger partial charge in [-0.15, -0.1) is 0 Å². The number of Topliss-reactive ketones (excluding diaryl/α,β-unsaturated/α-hetero) is 1. The Morgan fingerprint density at radius 1 is 1.14 bits per heavy atom. The fourth-order valence-corrected chi connectivity index (χ4v) is 2.40. The van der Waals surface area contributed by atoms with Crippen LogP contribution in [0.4, 0.5) is 13.2 Å². The molecule has 0 bridgehead atoms. The highest BCUT2D eigenvalue weighted by Crippen LogP contribution is 2.36. The first-order chi connectivity index (χ1) is 9.79. The summed E-state index contributed by atoms with van der Waals surface area (Å²) in [5.41, 5.74) is 1.05. The fourth-order valence-electron chi connectivity index (χ4n) is 2.40. The topological polar surface area (TPSA) is 53.1 Å². The van der Waals surface area contributed by atoms with Gasteiger partial charge in [-0.3, -0.25) is 4.79 Å². The molecule has 0 aliphatic rings. The Kier molecular flexibility index (Phi) is 2.73. The van der Waals surface area contributed by atoms with Gasteiger partial charge in [0.1, 0.15) is 0 Å². The van der Waals surface area contributed by atoms with Gasteiger partial charge in [-0.1, -0.05) is 17.7 Å². The number of phenols is 1. The van der Waals surface area contributed by atoms with E-state index in [1.807, 2.05) is 19.1 Å². The van der Waals surface area contributed by atoms with Crippen molar-refractivity contribution in [3.8, 4) is 5.75 Å². The van der Waals surface area contributed by atoms with Crippen LogP contribution in [0.1, 0.15) is 15.9 Å². The van der Waals surface area contributed by atoms with Crippen molar-refractivity contribution < 1.29 is 23.1 Å². The van der Waals surface area contributed by atoms with Crippen LogP contribution in [0.5, 0.6) is 5.75 Å². The maximum Gasteiger partial charge on any atom is 0.455 e. The summed E-state index contributed by atoms with van der Waals surface area (Å²) in [5.74, 6) is -2.74. The normalized spacial score (nSPS) is 12.2. The van der Waals surface area contributed by atoms with Gasteiger partial charge in [0.2, 0.25) is 0 Å². The quantitative estimate of drug-likeness (QED) is 0.664. The number of aryl methyl sites for hydroxylation is 1. The molecule has 0 aliphatic carbocycles. The van der Waals surface area contributed by atoms with E-state index in [1.54, 1.807) is 6.07 Å². The molecule has 0 unspecified atom stereocenters. The molecule has 0 amide bonds. The molecule has 0 fully saturated rings. The second kappa shape index (κ2) is 4.25. The number of ketones is 1. The zero-order chi connectivity index (χ0) is 15.4. The molecule has 1 heterocycles. The molecule has 3 nitrogen and oxygen atoms in total. The number of nitrogens with one attached hydrogen (secondary N) is 1. The maximum atomic E-state index is 12.5. The van der Waals surface area contributed by atoms with Crippen molar-refractivity contribution in [1.82, 2.24) is 4.98 Å². The molecule has 6 heteroatoms. The zero-order valence-electron chi connectivity index (χ0n) is 10.9. The molecule has 3 aromatic rings. The van der Waals surface area contributed by atoms with Crippen LogP contribution in [0, 0.1) is 6.92 Å². The van der Waals surface area contributed by atoms with E-state index < -0.39 is 23.3 Å². The molecule has 108 valence electrons. The molecule has 0 aliphatic heterocycles. The van der Waals surface area contributed by atoms with Crippen molar-refractivity contribution in [2.24, 2.45) is 0 Å². The summed E-state index contributed by atoms with van der Waals surface area (Å²) in [5, 5.41) is 11.4. The lowest BCUT2D eigenvalue weighted by Gasteiger charge is -2.07. The molecule has 2 aromatic carbocycles. The van der Waals surface area contributed by atoms with E-state index in [2.05, 4.69) is 4.98 Å². The lowest BCUT2D eigenvalue weighted by atomic mass is 10.0. The number of hydrogen-bond donors (Lipinski definition) is 2. The summed E-state index contributed by atoms with van der Waals surface area (Å²) in [6, 6.07) is 7.89. The molecule has 2 N–H and O–H groups in total. The largest absolute Gasteiger partial charge is 0.505 e. The van der Waals surface area contributed by atoms with Gasteiger partial charge >= 0.3 is 6.18 Å². The number of H-pyrrole nitrogens is 1. The number of benzene rings is 2. The van der Waals surface area contributed by atoms with E-state index in [0.29, 0.717) is 10.9 Å². The van der Waals surface area contributed by atoms with Crippen LogP contribution in [0.3, 0.4) is 0 Å².